The van der Waals surface area contributed by atoms with E-state index in [1.807, 2.05) is 23.1 Å². The lowest BCUT2D eigenvalue weighted by atomic mass is 10.0. The number of H-pyrrole nitrogens is 1. The number of hydrogen-bond donors (Lipinski definition) is 1. The molecule has 1 atom stereocenters. The molecule has 8 nitrogen and oxygen atoms in total. The Morgan fingerprint density at radius 1 is 1.10 bits per heavy atom. The zero-order valence-corrected chi connectivity index (χ0v) is 17.6. The summed E-state index contributed by atoms with van der Waals surface area (Å²) in [7, 11) is 3.18. The van der Waals surface area contributed by atoms with Gasteiger partial charge in [0.05, 0.1) is 31.2 Å². The van der Waals surface area contributed by atoms with Crippen LogP contribution in [0.15, 0.2) is 52.1 Å². The van der Waals surface area contributed by atoms with Crippen LogP contribution in [0.25, 0.3) is 10.9 Å². The molecule has 2 heterocycles. The van der Waals surface area contributed by atoms with Crippen LogP contribution in [0.1, 0.15) is 30.9 Å². The highest BCUT2D eigenvalue weighted by atomic mass is 16.5. The van der Waals surface area contributed by atoms with E-state index < -0.39 is 11.2 Å². The van der Waals surface area contributed by atoms with Gasteiger partial charge in [-0.15, -0.1) is 0 Å². The number of benzene rings is 2. The van der Waals surface area contributed by atoms with Gasteiger partial charge in [-0.05, 0) is 42.7 Å². The Hall–Kier alpha value is -3.55. The molecule has 4 rings (SSSR count). The third kappa shape index (κ3) is 3.93. The summed E-state index contributed by atoms with van der Waals surface area (Å²) in [6.07, 6.45) is 1.94. The second-order valence-electron chi connectivity index (χ2n) is 7.54. The van der Waals surface area contributed by atoms with E-state index in [1.54, 1.807) is 38.5 Å². The zero-order valence-electron chi connectivity index (χ0n) is 17.6. The van der Waals surface area contributed by atoms with Crippen LogP contribution >= 0.6 is 0 Å². The molecule has 0 unspecified atom stereocenters. The van der Waals surface area contributed by atoms with Crippen molar-refractivity contribution in [3.8, 4) is 11.5 Å². The summed E-state index contributed by atoms with van der Waals surface area (Å²) in [4.78, 5) is 41.7. The van der Waals surface area contributed by atoms with E-state index in [2.05, 4.69) is 4.98 Å². The van der Waals surface area contributed by atoms with E-state index in [9.17, 15) is 14.4 Å². The van der Waals surface area contributed by atoms with Gasteiger partial charge in [-0.2, -0.15) is 0 Å². The average molecular weight is 423 g/mol. The minimum absolute atomic E-state index is 0.0283. The highest BCUT2D eigenvalue weighted by Crippen LogP contribution is 2.37. The number of rotatable bonds is 6. The number of fused-ring (bicyclic) bond motifs is 1. The van der Waals surface area contributed by atoms with Crippen molar-refractivity contribution in [1.82, 2.24) is 14.5 Å². The van der Waals surface area contributed by atoms with E-state index in [0.717, 1.165) is 18.4 Å². The third-order valence-corrected chi connectivity index (χ3v) is 5.82. The zero-order chi connectivity index (χ0) is 22.0. The van der Waals surface area contributed by atoms with Gasteiger partial charge in [-0.1, -0.05) is 18.2 Å². The highest BCUT2D eigenvalue weighted by Gasteiger charge is 2.30. The van der Waals surface area contributed by atoms with Gasteiger partial charge in [0.1, 0.15) is 0 Å². The van der Waals surface area contributed by atoms with E-state index >= 15 is 0 Å². The monoisotopic (exact) mass is 423 g/mol. The topological polar surface area (TPSA) is 93.6 Å². The molecule has 2 aromatic carbocycles. The number of carbonyl (C=O) groups excluding carboxylic acids is 1. The molecule has 31 heavy (non-hydrogen) atoms. The summed E-state index contributed by atoms with van der Waals surface area (Å²) < 4.78 is 12.2. The molecule has 3 aromatic rings. The smallest absolute Gasteiger partial charge is 0.328 e. The molecule has 1 amide bonds. The Bertz CT molecular complexity index is 1230. The third-order valence-electron chi connectivity index (χ3n) is 5.82. The molecule has 1 aliphatic rings. The molecule has 1 fully saturated rings. The number of nitrogens with zero attached hydrogens (tertiary/aromatic N) is 2. The fourth-order valence-corrected chi connectivity index (χ4v) is 4.29. The maximum absolute atomic E-state index is 13.1. The van der Waals surface area contributed by atoms with Gasteiger partial charge in [0.25, 0.3) is 5.56 Å². The quantitative estimate of drug-likeness (QED) is 0.657. The van der Waals surface area contributed by atoms with E-state index in [4.69, 9.17) is 9.47 Å². The van der Waals surface area contributed by atoms with Gasteiger partial charge in [-0.3, -0.25) is 19.1 Å². The molecule has 1 N–H and O–H groups in total. The first-order valence-electron chi connectivity index (χ1n) is 10.3. The summed E-state index contributed by atoms with van der Waals surface area (Å²) in [5, 5.41) is 0.430. The van der Waals surface area contributed by atoms with E-state index in [-0.39, 0.29) is 24.9 Å². The largest absolute Gasteiger partial charge is 0.493 e. The molecule has 8 heteroatoms. The number of carbonyl (C=O) groups is 1. The number of likely N-dealkylation sites (tertiary alicyclic amines) is 1. The van der Waals surface area contributed by atoms with E-state index in [0.29, 0.717) is 28.9 Å². The van der Waals surface area contributed by atoms with E-state index in [1.165, 1.54) is 4.57 Å². The highest BCUT2D eigenvalue weighted by molar-refractivity contribution is 5.79. The first-order chi connectivity index (χ1) is 15.0. The first kappa shape index (κ1) is 20.7. The number of amides is 1. The second kappa shape index (κ2) is 8.67. The Labute approximate surface area is 179 Å². The van der Waals surface area contributed by atoms with Crippen LogP contribution in [0.5, 0.6) is 11.5 Å². The molecule has 0 bridgehead atoms. The van der Waals surface area contributed by atoms with Gasteiger partial charge in [0.15, 0.2) is 11.5 Å². The molecule has 0 saturated carbocycles. The number of ether oxygens (including phenoxy) is 2. The summed E-state index contributed by atoms with van der Waals surface area (Å²) in [5.74, 6) is 1.25. The van der Waals surface area contributed by atoms with Crippen LogP contribution in [0.4, 0.5) is 0 Å². The Kier molecular flexibility index (Phi) is 5.79. The predicted molar refractivity (Wildman–Crippen MR) is 117 cm³/mol. The minimum atomic E-state index is -0.505. The van der Waals surface area contributed by atoms with Crippen LogP contribution in [-0.2, 0) is 11.3 Å². The van der Waals surface area contributed by atoms with Crippen LogP contribution in [0, 0.1) is 0 Å². The number of nitrogens with one attached hydrogen (secondary N) is 1. The molecule has 0 spiro atoms. The lowest BCUT2D eigenvalue weighted by Crippen LogP contribution is -2.34. The molecular formula is C23H25N3O5. The van der Waals surface area contributed by atoms with Crippen LogP contribution in [0.2, 0.25) is 0 Å². The number of aryl methyl sites for hydroxylation is 1. The number of aromatic nitrogens is 2. The molecule has 0 radical (unpaired) electrons. The molecule has 1 aromatic heterocycles. The van der Waals surface area contributed by atoms with Crippen molar-refractivity contribution in [3.05, 3.63) is 68.9 Å². The van der Waals surface area contributed by atoms with Gasteiger partial charge < -0.3 is 14.4 Å². The number of methoxy groups -OCH3 is 2. The SMILES string of the molecule is COc1ccc([C@@H]2CCCN2C(=O)CCn2c(=O)[nH]c(=O)c3ccccc32)cc1OC. The first-order valence-corrected chi connectivity index (χ1v) is 10.3. The maximum Gasteiger partial charge on any atom is 0.328 e. The van der Waals surface area contributed by atoms with Gasteiger partial charge in [-0.25, -0.2) is 4.79 Å². The number of aromatic amines is 1. The van der Waals surface area contributed by atoms with Gasteiger partial charge in [0, 0.05) is 19.5 Å². The van der Waals surface area contributed by atoms with Crippen LogP contribution < -0.4 is 20.7 Å². The summed E-state index contributed by atoms with van der Waals surface area (Å²) in [6, 6.07) is 12.6. The molecule has 0 aliphatic carbocycles. The lowest BCUT2D eigenvalue weighted by Gasteiger charge is -2.26. The van der Waals surface area contributed by atoms with Crippen molar-refractivity contribution < 1.29 is 14.3 Å². The normalized spacial score (nSPS) is 15.9. The standard InChI is InChI=1S/C23H25N3O5/c1-30-19-10-9-15(14-20(19)31-2)17-8-5-12-25(17)21(27)11-13-26-18-7-4-3-6-16(18)22(28)24-23(26)29/h3-4,6-7,9-10,14,17H,5,8,11-13H2,1-2H3,(H,24,28,29)/t17-/m0/s1. The van der Waals surface area contributed by atoms with Crippen molar-refractivity contribution in [2.75, 3.05) is 20.8 Å². The van der Waals surface area contributed by atoms with Gasteiger partial charge in [0.2, 0.25) is 5.91 Å². The molecule has 1 aliphatic heterocycles. The summed E-state index contributed by atoms with van der Waals surface area (Å²) >= 11 is 0. The second-order valence-corrected chi connectivity index (χ2v) is 7.54. The van der Waals surface area contributed by atoms with Crippen molar-refractivity contribution in [2.24, 2.45) is 0 Å². The lowest BCUT2D eigenvalue weighted by molar-refractivity contribution is -0.132. The number of para-hydroxylation sites is 1. The molecule has 1 saturated heterocycles. The summed E-state index contributed by atoms with van der Waals surface area (Å²) in [5.41, 5.74) is 0.600. The Balaban J connectivity index is 1.55. The Morgan fingerprint density at radius 3 is 2.65 bits per heavy atom. The van der Waals surface area contributed by atoms with Crippen molar-refractivity contribution in [2.45, 2.75) is 31.8 Å². The van der Waals surface area contributed by atoms with Crippen LogP contribution in [0.3, 0.4) is 0 Å². The summed E-state index contributed by atoms with van der Waals surface area (Å²) in [6.45, 7) is 0.864. The van der Waals surface area contributed by atoms with Crippen molar-refractivity contribution in [1.29, 1.82) is 0 Å². The predicted octanol–water partition coefficient (Wildman–Crippen LogP) is 2.46. The minimum Gasteiger partial charge on any atom is -0.493 e. The number of hydrogen-bond acceptors (Lipinski definition) is 5. The maximum atomic E-state index is 13.1. The van der Waals surface area contributed by atoms with Crippen molar-refractivity contribution in [3.63, 3.8) is 0 Å². The Morgan fingerprint density at radius 2 is 1.87 bits per heavy atom. The molecule has 162 valence electrons. The fraction of sp³-hybridized carbons (Fsp3) is 0.348. The molecular weight excluding hydrogens is 398 g/mol. The fourth-order valence-electron chi connectivity index (χ4n) is 4.29. The average Bonchev–Trinajstić information content (AvgIpc) is 3.28. The van der Waals surface area contributed by atoms with Gasteiger partial charge >= 0.3 is 5.69 Å². The van der Waals surface area contributed by atoms with Crippen molar-refractivity contribution >= 4 is 16.8 Å². The van der Waals surface area contributed by atoms with Crippen LogP contribution in [-0.4, -0.2) is 41.1 Å².